The van der Waals surface area contributed by atoms with Gasteiger partial charge in [-0.3, -0.25) is 4.79 Å². The maximum atomic E-state index is 13.5. The van der Waals surface area contributed by atoms with Gasteiger partial charge in [0.15, 0.2) is 0 Å². The van der Waals surface area contributed by atoms with Crippen LogP contribution in [0.25, 0.3) is 0 Å². The third-order valence-electron chi connectivity index (χ3n) is 2.51. The molecule has 0 aliphatic carbocycles. The van der Waals surface area contributed by atoms with Gasteiger partial charge in [0.1, 0.15) is 11.9 Å². The van der Waals surface area contributed by atoms with Crippen LogP contribution in [-0.2, 0) is 4.79 Å². The normalized spacial score (nSPS) is 12.2. The second-order valence-electron chi connectivity index (χ2n) is 3.97. The number of rotatable bonds is 3. The van der Waals surface area contributed by atoms with Crippen LogP contribution in [0.15, 0.2) is 35.7 Å². The zero-order valence-corrected chi connectivity index (χ0v) is 10.6. The minimum absolute atomic E-state index is 0.159. The van der Waals surface area contributed by atoms with Gasteiger partial charge < -0.3 is 11.1 Å². The molecule has 5 heteroatoms. The van der Waals surface area contributed by atoms with Crippen LogP contribution >= 0.6 is 11.3 Å². The molecule has 0 spiro atoms. The molecule has 0 radical (unpaired) electrons. The van der Waals surface area contributed by atoms with Crippen molar-refractivity contribution in [2.75, 3.05) is 5.32 Å². The first kappa shape index (κ1) is 12.7. The van der Waals surface area contributed by atoms with Crippen LogP contribution in [0.4, 0.5) is 10.1 Å². The first-order chi connectivity index (χ1) is 8.58. The second kappa shape index (κ2) is 5.29. The maximum Gasteiger partial charge on any atom is 0.246 e. The standard InChI is InChI=1S/C13H13FN2OS/c1-8-4-5-9(14)10(7-8)16-13(17)12(15)11-3-2-6-18-11/h2-7,12H,15H2,1H3,(H,16,17). The van der Waals surface area contributed by atoms with Gasteiger partial charge in [0, 0.05) is 4.88 Å². The van der Waals surface area contributed by atoms with Crippen LogP contribution in [0, 0.1) is 12.7 Å². The van der Waals surface area contributed by atoms with Gasteiger partial charge in [-0.15, -0.1) is 11.3 Å². The smallest absolute Gasteiger partial charge is 0.246 e. The van der Waals surface area contributed by atoms with Crippen molar-refractivity contribution in [3.8, 4) is 0 Å². The van der Waals surface area contributed by atoms with Gasteiger partial charge in [-0.05, 0) is 36.1 Å². The van der Waals surface area contributed by atoms with Crippen molar-refractivity contribution in [1.82, 2.24) is 0 Å². The lowest BCUT2D eigenvalue weighted by Gasteiger charge is -2.11. The number of halogens is 1. The van der Waals surface area contributed by atoms with E-state index in [9.17, 15) is 9.18 Å². The zero-order valence-electron chi connectivity index (χ0n) is 9.81. The van der Waals surface area contributed by atoms with Crippen LogP contribution in [0.1, 0.15) is 16.5 Å². The van der Waals surface area contributed by atoms with Crippen molar-refractivity contribution >= 4 is 22.9 Å². The predicted octanol–water partition coefficient (Wildman–Crippen LogP) is 2.83. The molecule has 0 aliphatic heterocycles. The lowest BCUT2D eigenvalue weighted by Crippen LogP contribution is -2.27. The SMILES string of the molecule is Cc1ccc(F)c(NC(=O)C(N)c2cccs2)c1. The molecule has 0 fully saturated rings. The number of hydrogen-bond acceptors (Lipinski definition) is 3. The van der Waals surface area contributed by atoms with Crippen LogP contribution < -0.4 is 11.1 Å². The monoisotopic (exact) mass is 264 g/mol. The first-order valence-corrected chi connectivity index (χ1v) is 6.32. The number of nitrogens with two attached hydrogens (primary N) is 1. The van der Waals surface area contributed by atoms with E-state index in [1.54, 1.807) is 18.2 Å². The number of amides is 1. The molecule has 94 valence electrons. The number of thiophene rings is 1. The van der Waals surface area contributed by atoms with Crippen LogP contribution in [0.2, 0.25) is 0 Å². The van der Waals surface area contributed by atoms with Gasteiger partial charge in [0.05, 0.1) is 5.69 Å². The average Bonchev–Trinajstić information content (AvgIpc) is 2.86. The van der Waals surface area contributed by atoms with Gasteiger partial charge in [-0.25, -0.2) is 4.39 Å². The summed E-state index contributed by atoms with van der Waals surface area (Å²) < 4.78 is 13.5. The third kappa shape index (κ3) is 2.75. The van der Waals surface area contributed by atoms with Gasteiger partial charge in [-0.1, -0.05) is 12.1 Å². The summed E-state index contributed by atoms with van der Waals surface area (Å²) in [6.45, 7) is 1.83. The molecule has 0 saturated carbocycles. The largest absolute Gasteiger partial charge is 0.322 e. The molecule has 3 nitrogen and oxygen atoms in total. The molecular formula is C13H13FN2OS. The molecule has 1 aromatic heterocycles. The van der Waals surface area contributed by atoms with Gasteiger partial charge >= 0.3 is 0 Å². The van der Waals surface area contributed by atoms with Gasteiger partial charge in [0.2, 0.25) is 5.91 Å². The molecule has 2 aromatic rings. The fourth-order valence-electron chi connectivity index (χ4n) is 1.54. The predicted molar refractivity (Wildman–Crippen MR) is 71.0 cm³/mol. The van der Waals surface area contributed by atoms with E-state index in [4.69, 9.17) is 5.73 Å². The van der Waals surface area contributed by atoms with E-state index in [2.05, 4.69) is 5.32 Å². The lowest BCUT2D eigenvalue weighted by molar-refractivity contribution is -0.117. The van der Waals surface area contributed by atoms with E-state index in [1.807, 2.05) is 18.4 Å². The first-order valence-electron chi connectivity index (χ1n) is 5.44. The van der Waals surface area contributed by atoms with E-state index >= 15 is 0 Å². The Morgan fingerprint density at radius 1 is 1.44 bits per heavy atom. The summed E-state index contributed by atoms with van der Waals surface area (Å²) in [4.78, 5) is 12.6. The van der Waals surface area contributed by atoms with E-state index in [0.717, 1.165) is 10.4 Å². The average molecular weight is 264 g/mol. The fourth-order valence-corrected chi connectivity index (χ4v) is 2.27. The summed E-state index contributed by atoms with van der Waals surface area (Å²) in [5, 5.41) is 4.35. The molecule has 1 amide bonds. The second-order valence-corrected chi connectivity index (χ2v) is 4.94. The highest BCUT2D eigenvalue weighted by Crippen LogP contribution is 2.20. The van der Waals surface area contributed by atoms with E-state index in [-0.39, 0.29) is 5.69 Å². The van der Waals surface area contributed by atoms with Crippen molar-refractivity contribution in [1.29, 1.82) is 0 Å². The molecule has 1 atom stereocenters. The number of anilines is 1. The van der Waals surface area contributed by atoms with Crippen molar-refractivity contribution in [3.63, 3.8) is 0 Å². The molecule has 1 heterocycles. The van der Waals surface area contributed by atoms with E-state index in [0.29, 0.717) is 0 Å². The van der Waals surface area contributed by atoms with E-state index < -0.39 is 17.8 Å². The van der Waals surface area contributed by atoms with E-state index in [1.165, 1.54) is 17.4 Å². The highest BCUT2D eigenvalue weighted by Gasteiger charge is 2.17. The molecule has 0 saturated heterocycles. The molecule has 0 aliphatic rings. The Bertz CT molecular complexity index is 554. The summed E-state index contributed by atoms with van der Waals surface area (Å²) >= 11 is 1.40. The van der Waals surface area contributed by atoms with Crippen LogP contribution in [0.3, 0.4) is 0 Å². The number of benzene rings is 1. The summed E-state index contributed by atoms with van der Waals surface area (Å²) in [6.07, 6.45) is 0. The molecule has 18 heavy (non-hydrogen) atoms. The summed E-state index contributed by atoms with van der Waals surface area (Å²) in [5.41, 5.74) is 6.83. The molecule has 1 unspecified atom stereocenters. The Hall–Kier alpha value is -1.72. The quantitative estimate of drug-likeness (QED) is 0.895. The molecule has 2 rings (SSSR count). The highest BCUT2D eigenvalue weighted by molar-refractivity contribution is 7.10. The fraction of sp³-hybridized carbons (Fsp3) is 0.154. The van der Waals surface area contributed by atoms with Crippen molar-refractivity contribution < 1.29 is 9.18 Å². The topological polar surface area (TPSA) is 55.1 Å². The summed E-state index contributed by atoms with van der Waals surface area (Å²) in [6, 6.07) is 7.37. The molecular weight excluding hydrogens is 251 g/mol. The minimum Gasteiger partial charge on any atom is -0.322 e. The minimum atomic E-state index is -0.773. The molecule has 1 aromatic carbocycles. The lowest BCUT2D eigenvalue weighted by atomic mass is 10.2. The zero-order chi connectivity index (χ0) is 13.1. The number of nitrogens with one attached hydrogen (secondary N) is 1. The Labute approximate surface area is 108 Å². The number of hydrogen-bond donors (Lipinski definition) is 2. The van der Waals surface area contributed by atoms with Crippen molar-refractivity contribution in [3.05, 3.63) is 52.0 Å². The molecule has 0 bridgehead atoms. The number of carbonyl (C=O) groups excluding carboxylic acids is 1. The highest BCUT2D eigenvalue weighted by atomic mass is 32.1. The Balaban J connectivity index is 2.14. The summed E-state index contributed by atoms with van der Waals surface area (Å²) in [5.74, 6) is -0.880. The maximum absolute atomic E-state index is 13.5. The third-order valence-corrected chi connectivity index (χ3v) is 3.47. The van der Waals surface area contributed by atoms with Crippen LogP contribution in [0.5, 0.6) is 0 Å². The number of carbonyl (C=O) groups is 1. The van der Waals surface area contributed by atoms with Crippen molar-refractivity contribution in [2.45, 2.75) is 13.0 Å². The van der Waals surface area contributed by atoms with Gasteiger partial charge in [0.25, 0.3) is 0 Å². The van der Waals surface area contributed by atoms with Gasteiger partial charge in [-0.2, -0.15) is 0 Å². The number of aryl methyl sites for hydroxylation is 1. The molecule has 3 N–H and O–H groups in total. The summed E-state index contributed by atoms with van der Waals surface area (Å²) in [7, 11) is 0. The Morgan fingerprint density at radius 2 is 2.22 bits per heavy atom. The Morgan fingerprint density at radius 3 is 2.89 bits per heavy atom. The van der Waals surface area contributed by atoms with Crippen LogP contribution in [-0.4, -0.2) is 5.91 Å². The van der Waals surface area contributed by atoms with Crippen molar-refractivity contribution in [2.24, 2.45) is 5.73 Å². The Kier molecular flexibility index (Phi) is 3.74.